The van der Waals surface area contributed by atoms with Crippen LogP contribution in [0.25, 0.3) is 0 Å². The molecule has 0 aliphatic heterocycles. The van der Waals surface area contributed by atoms with Crippen molar-refractivity contribution >= 4 is 5.97 Å². The van der Waals surface area contributed by atoms with Crippen LogP contribution in [0.15, 0.2) is 30.3 Å². The van der Waals surface area contributed by atoms with E-state index in [4.69, 9.17) is 0 Å². The van der Waals surface area contributed by atoms with Crippen LogP contribution in [0.2, 0.25) is 0 Å². The number of hydrogen-bond acceptors (Lipinski definition) is 3. The minimum Gasteiger partial charge on any atom is -0.545 e. The quantitative estimate of drug-likeness (QED) is 0.468. The van der Waals surface area contributed by atoms with Gasteiger partial charge in [0, 0.05) is 0 Å². The third kappa shape index (κ3) is 5.84. The molecule has 0 unspecified atom stereocenters. The zero-order valence-electron chi connectivity index (χ0n) is 6.91. The third-order valence-electron chi connectivity index (χ3n) is 1.01. The van der Waals surface area contributed by atoms with Crippen LogP contribution in [0, 0.1) is 0 Å². The van der Waals surface area contributed by atoms with E-state index in [-0.39, 0.29) is 68.6 Å². The van der Waals surface area contributed by atoms with Crippen LogP contribution in [0.1, 0.15) is 10.4 Å². The molecule has 12 heavy (non-hydrogen) atoms. The Morgan fingerprint density at radius 1 is 1.17 bits per heavy atom. The summed E-state index contributed by atoms with van der Waals surface area (Å²) in [4.78, 5) is 10.1. The molecule has 1 aromatic rings. The van der Waals surface area contributed by atoms with Crippen molar-refractivity contribution in [3.8, 4) is 0 Å². The van der Waals surface area contributed by atoms with E-state index in [0.717, 1.165) is 0 Å². The van der Waals surface area contributed by atoms with Crippen molar-refractivity contribution in [1.29, 1.82) is 0 Å². The van der Waals surface area contributed by atoms with E-state index in [2.05, 4.69) is 0 Å². The molecular weight excluding hydrogens is 185 g/mol. The van der Waals surface area contributed by atoms with E-state index < -0.39 is 5.97 Å². The summed E-state index contributed by atoms with van der Waals surface area (Å²) in [5.41, 5.74) is 0.220. The molecule has 1 rings (SSSR count). The van der Waals surface area contributed by atoms with Crippen LogP contribution in [0.3, 0.4) is 0 Å². The first-order chi connectivity index (χ1) is 4.30. The summed E-state index contributed by atoms with van der Waals surface area (Å²) in [6.07, 6.45) is 0. The van der Waals surface area contributed by atoms with E-state index in [1.807, 2.05) is 0 Å². The van der Waals surface area contributed by atoms with Crippen molar-refractivity contribution in [2.45, 2.75) is 0 Å². The molecule has 0 fully saturated rings. The largest absolute Gasteiger partial charge is 1.00 e. The number of rotatable bonds is 1. The first-order valence-electron chi connectivity index (χ1n) is 2.57. The van der Waals surface area contributed by atoms with Crippen molar-refractivity contribution in [2.24, 2.45) is 0 Å². The molecule has 0 amide bonds. The summed E-state index contributed by atoms with van der Waals surface area (Å²) in [6, 6.07) is 8.06. The Labute approximate surface area is 113 Å². The zero-order valence-corrected chi connectivity index (χ0v) is 10.0. The van der Waals surface area contributed by atoms with Gasteiger partial charge in [0.1, 0.15) is 0 Å². The average Bonchev–Trinajstić information content (AvgIpc) is 1.90. The standard InChI is InChI=1S/C7H6O2.K.H3N.H2O/c8-7(9)6-4-2-1-3-5-6;;;/h1-5H,(H,8,9);;1H3;1H2/q;+1;;/p-1. The Kier molecular flexibility index (Phi) is 14.1. The fourth-order valence-electron chi connectivity index (χ4n) is 0.574. The van der Waals surface area contributed by atoms with Crippen molar-refractivity contribution in [3.63, 3.8) is 0 Å². The van der Waals surface area contributed by atoms with Crippen molar-refractivity contribution in [3.05, 3.63) is 35.9 Å². The summed E-state index contributed by atoms with van der Waals surface area (Å²) in [7, 11) is 0. The number of aromatic carboxylic acids is 1. The predicted octanol–water partition coefficient (Wildman–Crippen LogP) is -3.61. The summed E-state index contributed by atoms with van der Waals surface area (Å²) in [5, 5.41) is 10.1. The molecule has 5 heteroatoms. The second-order valence-corrected chi connectivity index (χ2v) is 1.65. The van der Waals surface area contributed by atoms with Gasteiger partial charge in [0.25, 0.3) is 0 Å². The van der Waals surface area contributed by atoms with Crippen LogP contribution >= 0.6 is 0 Å². The second-order valence-electron chi connectivity index (χ2n) is 1.65. The molecule has 0 aromatic heterocycles. The maximum atomic E-state index is 10.1. The van der Waals surface area contributed by atoms with Gasteiger partial charge in [0.2, 0.25) is 0 Å². The van der Waals surface area contributed by atoms with Gasteiger partial charge >= 0.3 is 51.4 Å². The first kappa shape index (κ1) is 18.1. The maximum Gasteiger partial charge on any atom is 1.00 e. The van der Waals surface area contributed by atoms with Gasteiger partial charge in [0.15, 0.2) is 0 Å². The Hall–Kier alpha value is 0.246. The van der Waals surface area contributed by atoms with Gasteiger partial charge < -0.3 is 21.5 Å². The average molecular weight is 195 g/mol. The number of carbonyl (C=O) groups excluding carboxylic acids is 1. The zero-order chi connectivity index (χ0) is 6.69. The minimum absolute atomic E-state index is 0. The van der Waals surface area contributed by atoms with Crippen LogP contribution in [0.5, 0.6) is 0 Å². The molecule has 0 aliphatic rings. The van der Waals surface area contributed by atoms with E-state index in [9.17, 15) is 9.90 Å². The summed E-state index contributed by atoms with van der Waals surface area (Å²) in [6.45, 7) is 0. The molecule has 0 radical (unpaired) electrons. The topological polar surface area (TPSA) is 107 Å². The third-order valence-corrected chi connectivity index (χ3v) is 1.01. The Morgan fingerprint density at radius 3 is 1.83 bits per heavy atom. The van der Waals surface area contributed by atoms with Crippen LogP contribution < -0.4 is 62.6 Å². The number of hydrogen-bond donors (Lipinski definition) is 1. The molecule has 0 saturated heterocycles. The summed E-state index contributed by atoms with van der Waals surface area (Å²) < 4.78 is 0. The van der Waals surface area contributed by atoms with E-state index in [1.54, 1.807) is 18.2 Å². The molecule has 0 bridgehead atoms. The van der Waals surface area contributed by atoms with Crippen molar-refractivity contribution < 1.29 is 66.8 Å². The van der Waals surface area contributed by atoms with Gasteiger partial charge in [0.05, 0.1) is 5.97 Å². The number of benzene rings is 1. The first-order valence-corrected chi connectivity index (χ1v) is 2.57. The van der Waals surface area contributed by atoms with Gasteiger partial charge in [-0.05, 0) is 5.56 Å². The summed E-state index contributed by atoms with van der Waals surface area (Å²) in [5.74, 6) is -1.13. The minimum atomic E-state index is -1.13. The van der Waals surface area contributed by atoms with Gasteiger partial charge in [-0.2, -0.15) is 0 Å². The van der Waals surface area contributed by atoms with E-state index in [0.29, 0.717) is 0 Å². The fourth-order valence-corrected chi connectivity index (χ4v) is 0.574. The molecule has 4 nitrogen and oxygen atoms in total. The molecule has 5 N–H and O–H groups in total. The van der Waals surface area contributed by atoms with Crippen molar-refractivity contribution in [1.82, 2.24) is 6.15 Å². The SMILES string of the molecule is N.O.O=C([O-])c1ccccc1.[K+]. The normalized spacial score (nSPS) is 6.67. The van der Waals surface area contributed by atoms with Gasteiger partial charge in [-0.1, -0.05) is 30.3 Å². The van der Waals surface area contributed by atoms with Crippen LogP contribution in [-0.2, 0) is 0 Å². The number of carboxylic acids is 1. The van der Waals surface area contributed by atoms with Gasteiger partial charge in [-0.25, -0.2) is 0 Å². The Morgan fingerprint density at radius 2 is 1.58 bits per heavy atom. The fraction of sp³-hybridized carbons (Fsp3) is 0. The second kappa shape index (κ2) is 9.34. The Bertz CT molecular complexity index is 215. The monoisotopic (exact) mass is 195 g/mol. The van der Waals surface area contributed by atoms with Crippen LogP contribution in [0.4, 0.5) is 0 Å². The summed E-state index contributed by atoms with van der Waals surface area (Å²) >= 11 is 0. The number of carboxylic acid groups (broad SMARTS) is 1. The molecule has 0 spiro atoms. The Balaban J connectivity index is -0.000000270. The van der Waals surface area contributed by atoms with Crippen molar-refractivity contribution in [2.75, 3.05) is 0 Å². The maximum absolute atomic E-state index is 10.1. The molecule has 1 aromatic carbocycles. The van der Waals surface area contributed by atoms with E-state index in [1.165, 1.54) is 12.1 Å². The molecular formula is C7H10KNO3. The van der Waals surface area contributed by atoms with Gasteiger partial charge in [-0.15, -0.1) is 0 Å². The van der Waals surface area contributed by atoms with E-state index >= 15 is 0 Å². The predicted molar refractivity (Wildman–Crippen MR) is 39.4 cm³/mol. The number of carbonyl (C=O) groups is 1. The van der Waals surface area contributed by atoms with Gasteiger partial charge in [-0.3, -0.25) is 0 Å². The molecule has 0 aliphatic carbocycles. The molecule has 0 atom stereocenters. The molecule has 62 valence electrons. The smallest absolute Gasteiger partial charge is 0.545 e. The molecule has 0 heterocycles. The molecule has 0 saturated carbocycles. The van der Waals surface area contributed by atoms with Crippen LogP contribution in [-0.4, -0.2) is 11.4 Å².